The summed E-state index contributed by atoms with van der Waals surface area (Å²) in [5.41, 5.74) is 3.60. The molecule has 0 fully saturated rings. The summed E-state index contributed by atoms with van der Waals surface area (Å²) in [5, 5.41) is 0. The lowest BCUT2D eigenvalue weighted by molar-refractivity contribution is 0.324. The summed E-state index contributed by atoms with van der Waals surface area (Å²) in [6.07, 6.45) is 2.39. The number of para-hydroxylation sites is 2. The van der Waals surface area contributed by atoms with Crippen molar-refractivity contribution in [3.63, 3.8) is 0 Å². The second kappa shape index (κ2) is 9.67. The summed E-state index contributed by atoms with van der Waals surface area (Å²) in [5.74, 6) is 0.946. The lowest BCUT2D eigenvalue weighted by Crippen LogP contribution is -2.29. The zero-order valence-corrected chi connectivity index (χ0v) is 15.5. The Labute approximate surface area is 157 Å². The van der Waals surface area contributed by atoms with Crippen molar-refractivity contribution in [1.29, 1.82) is 0 Å². The van der Waals surface area contributed by atoms with Crippen LogP contribution in [0.1, 0.15) is 19.8 Å². The van der Waals surface area contributed by atoms with Gasteiger partial charge in [-0.1, -0.05) is 80.1 Å². The van der Waals surface area contributed by atoms with Crippen LogP contribution in [-0.4, -0.2) is 19.7 Å². The second-order valence-corrected chi connectivity index (χ2v) is 6.39. The number of ether oxygens (including phenoxy) is 1. The Morgan fingerprint density at radius 1 is 0.731 bits per heavy atom. The van der Waals surface area contributed by atoms with Gasteiger partial charge in [-0.2, -0.15) is 0 Å². The minimum Gasteiger partial charge on any atom is -0.491 e. The molecule has 0 saturated carbocycles. The van der Waals surface area contributed by atoms with Crippen molar-refractivity contribution in [1.82, 2.24) is 0 Å². The Hall–Kier alpha value is -2.74. The second-order valence-electron chi connectivity index (χ2n) is 6.39. The van der Waals surface area contributed by atoms with Crippen LogP contribution in [0.25, 0.3) is 11.1 Å². The van der Waals surface area contributed by atoms with Crippen LogP contribution >= 0.6 is 0 Å². The fourth-order valence-electron chi connectivity index (χ4n) is 3.07. The molecular weight excluding hydrogens is 318 g/mol. The summed E-state index contributed by atoms with van der Waals surface area (Å²) >= 11 is 0. The highest BCUT2D eigenvalue weighted by Crippen LogP contribution is 2.29. The molecule has 0 aliphatic rings. The number of anilines is 1. The smallest absolute Gasteiger partial charge is 0.127 e. The lowest BCUT2D eigenvalue weighted by Gasteiger charge is -2.25. The van der Waals surface area contributed by atoms with Gasteiger partial charge in [-0.15, -0.1) is 0 Å². The van der Waals surface area contributed by atoms with E-state index in [0.29, 0.717) is 6.61 Å². The third-order valence-corrected chi connectivity index (χ3v) is 4.49. The Bertz CT molecular complexity index is 770. The Morgan fingerprint density at radius 3 is 2.12 bits per heavy atom. The molecule has 0 amide bonds. The van der Waals surface area contributed by atoms with E-state index >= 15 is 0 Å². The maximum Gasteiger partial charge on any atom is 0.127 e. The average Bonchev–Trinajstić information content (AvgIpc) is 2.72. The summed E-state index contributed by atoms with van der Waals surface area (Å²) in [6, 6.07) is 29.3. The molecule has 0 atom stereocenters. The van der Waals surface area contributed by atoms with Crippen LogP contribution in [0.15, 0.2) is 84.9 Å². The van der Waals surface area contributed by atoms with E-state index in [1.165, 1.54) is 24.1 Å². The quantitative estimate of drug-likeness (QED) is 0.469. The molecule has 0 bridgehead atoms. The highest BCUT2D eigenvalue weighted by Gasteiger charge is 2.08. The maximum absolute atomic E-state index is 6.18. The molecule has 0 saturated heterocycles. The molecule has 0 aromatic heterocycles. The number of nitrogens with zero attached hydrogens (tertiary/aromatic N) is 1. The monoisotopic (exact) mass is 345 g/mol. The molecule has 3 aromatic rings. The van der Waals surface area contributed by atoms with Gasteiger partial charge in [0, 0.05) is 17.8 Å². The van der Waals surface area contributed by atoms with E-state index in [0.717, 1.165) is 24.4 Å². The molecule has 2 heteroatoms. The van der Waals surface area contributed by atoms with Crippen LogP contribution in [0, 0.1) is 0 Å². The standard InChI is InChI=1S/C24H27NO/c1-2-3-18-25(22-14-8-5-9-15-22)19-20-26-24-17-11-10-16-23(24)21-12-6-4-7-13-21/h4-17H,2-3,18-20H2,1H3. The fourth-order valence-corrected chi connectivity index (χ4v) is 3.07. The first-order valence-corrected chi connectivity index (χ1v) is 9.45. The predicted octanol–water partition coefficient (Wildman–Crippen LogP) is 6.04. The van der Waals surface area contributed by atoms with E-state index in [1.54, 1.807) is 0 Å². The zero-order valence-electron chi connectivity index (χ0n) is 15.5. The van der Waals surface area contributed by atoms with Gasteiger partial charge in [0.15, 0.2) is 0 Å². The highest BCUT2D eigenvalue weighted by molar-refractivity contribution is 5.70. The van der Waals surface area contributed by atoms with Gasteiger partial charge in [0.05, 0.1) is 6.54 Å². The van der Waals surface area contributed by atoms with E-state index in [4.69, 9.17) is 4.74 Å². The van der Waals surface area contributed by atoms with Crippen molar-refractivity contribution in [2.75, 3.05) is 24.6 Å². The third kappa shape index (κ3) is 4.89. The molecular formula is C24H27NO. The minimum absolute atomic E-state index is 0.669. The van der Waals surface area contributed by atoms with Gasteiger partial charge in [0.2, 0.25) is 0 Å². The number of hydrogen-bond acceptors (Lipinski definition) is 2. The maximum atomic E-state index is 6.18. The Kier molecular flexibility index (Phi) is 6.72. The molecule has 0 unspecified atom stereocenters. The van der Waals surface area contributed by atoms with Crippen molar-refractivity contribution in [3.05, 3.63) is 84.9 Å². The van der Waals surface area contributed by atoms with Crippen molar-refractivity contribution < 1.29 is 4.74 Å². The van der Waals surface area contributed by atoms with Crippen LogP contribution in [0.2, 0.25) is 0 Å². The van der Waals surface area contributed by atoms with E-state index in [2.05, 4.69) is 84.6 Å². The van der Waals surface area contributed by atoms with Gasteiger partial charge in [-0.25, -0.2) is 0 Å². The van der Waals surface area contributed by atoms with Gasteiger partial charge >= 0.3 is 0 Å². The Morgan fingerprint density at radius 2 is 1.38 bits per heavy atom. The van der Waals surface area contributed by atoms with Gasteiger partial charge in [-0.3, -0.25) is 0 Å². The van der Waals surface area contributed by atoms with Gasteiger partial charge in [0.25, 0.3) is 0 Å². The first kappa shape index (κ1) is 18.1. The van der Waals surface area contributed by atoms with Crippen molar-refractivity contribution in [2.24, 2.45) is 0 Å². The number of unbranched alkanes of at least 4 members (excludes halogenated alkanes) is 1. The molecule has 0 radical (unpaired) electrons. The van der Waals surface area contributed by atoms with E-state index in [-0.39, 0.29) is 0 Å². The molecule has 3 aromatic carbocycles. The minimum atomic E-state index is 0.669. The highest BCUT2D eigenvalue weighted by atomic mass is 16.5. The molecule has 0 aliphatic carbocycles. The van der Waals surface area contributed by atoms with Gasteiger partial charge in [0.1, 0.15) is 12.4 Å². The lowest BCUT2D eigenvalue weighted by atomic mass is 10.1. The van der Waals surface area contributed by atoms with Crippen LogP contribution in [-0.2, 0) is 0 Å². The third-order valence-electron chi connectivity index (χ3n) is 4.49. The molecule has 0 spiro atoms. The van der Waals surface area contributed by atoms with E-state index in [1.807, 2.05) is 12.1 Å². The molecule has 0 heterocycles. The number of hydrogen-bond donors (Lipinski definition) is 0. The summed E-state index contributed by atoms with van der Waals surface area (Å²) in [7, 11) is 0. The first-order valence-electron chi connectivity index (χ1n) is 9.45. The van der Waals surface area contributed by atoms with E-state index in [9.17, 15) is 0 Å². The normalized spacial score (nSPS) is 10.5. The molecule has 0 aliphatic heterocycles. The average molecular weight is 345 g/mol. The summed E-state index contributed by atoms with van der Waals surface area (Å²) in [4.78, 5) is 2.41. The topological polar surface area (TPSA) is 12.5 Å². The summed E-state index contributed by atoms with van der Waals surface area (Å²) in [6.45, 7) is 4.84. The molecule has 3 rings (SSSR count). The molecule has 134 valence electrons. The largest absolute Gasteiger partial charge is 0.491 e. The molecule has 0 N–H and O–H groups in total. The number of benzene rings is 3. The van der Waals surface area contributed by atoms with Crippen molar-refractivity contribution in [2.45, 2.75) is 19.8 Å². The molecule has 26 heavy (non-hydrogen) atoms. The van der Waals surface area contributed by atoms with E-state index < -0.39 is 0 Å². The first-order chi connectivity index (χ1) is 12.9. The SMILES string of the molecule is CCCCN(CCOc1ccccc1-c1ccccc1)c1ccccc1. The van der Waals surface area contributed by atoms with Gasteiger partial charge < -0.3 is 9.64 Å². The predicted molar refractivity (Wildman–Crippen MR) is 111 cm³/mol. The van der Waals surface area contributed by atoms with Crippen molar-refractivity contribution in [3.8, 4) is 16.9 Å². The van der Waals surface area contributed by atoms with Crippen LogP contribution < -0.4 is 9.64 Å². The van der Waals surface area contributed by atoms with Crippen LogP contribution in [0.4, 0.5) is 5.69 Å². The zero-order chi connectivity index (χ0) is 18.0. The Balaban J connectivity index is 1.67. The van der Waals surface area contributed by atoms with Crippen LogP contribution in [0.5, 0.6) is 5.75 Å². The van der Waals surface area contributed by atoms with Gasteiger partial charge in [-0.05, 0) is 30.2 Å². The fraction of sp³-hybridized carbons (Fsp3) is 0.250. The number of rotatable bonds is 9. The van der Waals surface area contributed by atoms with Crippen molar-refractivity contribution >= 4 is 5.69 Å². The van der Waals surface area contributed by atoms with Crippen LogP contribution in [0.3, 0.4) is 0 Å². The molecule has 2 nitrogen and oxygen atoms in total. The summed E-state index contributed by atoms with van der Waals surface area (Å²) < 4.78 is 6.18.